The zero-order chi connectivity index (χ0) is 19.5. The van der Waals surface area contributed by atoms with Gasteiger partial charge in [-0.25, -0.2) is 0 Å². The maximum absolute atomic E-state index is 12.4. The quantitative estimate of drug-likeness (QED) is 0.873. The van der Waals surface area contributed by atoms with E-state index in [1.54, 1.807) is 6.92 Å². The fraction of sp³-hybridized carbons (Fsp3) is 0.565. The van der Waals surface area contributed by atoms with Crippen LogP contribution in [0.3, 0.4) is 0 Å². The number of allylic oxidation sites excluding steroid dienone is 2. The van der Waals surface area contributed by atoms with Crippen LogP contribution in [0.2, 0.25) is 0 Å². The Morgan fingerprint density at radius 1 is 1.18 bits per heavy atom. The molecule has 0 bridgehead atoms. The van der Waals surface area contributed by atoms with E-state index in [9.17, 15) is 14.7 Å². The van der Waals surface area contributed by atoms with Gasteiger partial charge in [-0.05, 0) is 48.8 Å². The third kappa shape index (κ3) is 2.55. The molecule has 4 aliphatic rings. The number of likely N-dealkylation sites (tertiary alicyclic amines) is 2. The van der Waals surface area contributed by atoms with Gasteiger partial charge in [-0.15, -0.1) is 0 Å². The molecule has 0 aromatic heterocycles. The molecule has 1 spiro atoms. The Labute approximate surface area is 166 Å². The van der Waals surface area contributed by atoms with Crippen molar-refractivity contribution in [2.24, 2.45) is 5.92 Å². The first kappa shape index (κ1) is 17.9. The molecule has 2 heterocycles. The normalized spacial score (nSPS) is 28.0. The van der Waals surface area contributed by atoms with Crippen LogP contribution in [0.1, 0.15) is 56.1 Å². The number of hydrogen-bond acceptors (Lipinski definition) is 3. The minimum absolute atomic E-state index is 0.0125. The minimum Gasteiger partial charge on any atom is -0.394 e. The van der Waals surface area contributed by atoms with Gasteiger partial charge in [0, 0.05) is 31.8 Å². The molecule has 3 fully saturated rings. The maximum atomic E-state index is 12.4. The second-order valence-corrected chi connectivity index (χ2v) is 8.93. The summed E-state index contributed by atoms with van der Waals surface area (Å²) in [6.07, 6.45) is 7.85. The standard InChI is InChI=1S/C23H28N2O3/c1-15(27)25-20(12-26)21(23(25)13-24(14-23)22(28)19-10-11-19)18-8-6-17(7-9-18)16-4-2-3-5-16/h4,6-9,19-21,26H,2-3,5,10-14H2,1H3/t20-,21+/m0/s1. The van der Waals surface area contributed by atoms with Gasteiger partial charge >= 0.3 is 0 Å². The van der Waals surface area contributed by atoms with Crippen LogP contribution in [-0.2, 0) is 9.59 Å². The third-order valence-corrected chi connectivity index (χ3v) is 7.15. The van der Waals surface area contributed by atoms with E-state index in [4.69, 9.17) is 0 Å². The summed E-state index contributed by atoms with van der Waals surface area (Å²) in [6.45, 7) is 2.71. The van der Waals surface area contributed by atoms with Crippen LogP contribution < -0.4 is 0 Å². The Kier molecular flexibility index (Phi) is 4.13. The summed E-state index contributed by atoms with van der Waals surface area (Å²) in [5, 5.41) is 10.0. The molecular formula is C23H28N2O3. The number of amides is 2. The zero-order valence-corrected chi connectivity index (χ0v) is 16.4. The molecule has 2 amide bonds. The summed E-state index contributed by atoms with van der Waals surface area (Å²) in [4.78, 5) is 28.5. The lowest BCUT2D eigenvalue weighted by molar-refractivity contribution is -0.202. The average Bonchev–Trinajstić information content (AvgIpc) is 3.34. The van der Waals surface area contributed by atoms with E-state index in [0.717, 1.165) is 31.2 Å². The second kappa shape index (κ2) is 6.45. The van der Waals surface area contributed by atoms with E-state index in [-0.39, 0.29) is 41.8 Å². The zero-order valence-electron chi connectivity index (χ0n) is 16.4. The van der Waals surface area contributed by atoms with Gasteiger partial charge in [0.25, 0.3) is 0 Å². The van der Waals surface area contributed by atoms with Crippen molar-refractivity contribution in [3.63, 3.8) is 0 Å². The highest BCUT2D eigenvalue weighted by Crippen LogP contribution is 2.54. The molecule has 1 N–H and O–H groups in total. The molecule has 28 heavy (non-hydrogen) atoms. The number of rotatable bonds is 4. The molecule has 0 radical (unpaired) electrons. The van der Waals surface area contributed by atoms with Gasteiger partial charge in [0.15, 0.2) is 0 Å². The highest BCUT2D eigenvalue weighted by atomic mass is 16.3. The van der Waals surface area contributed by atoms with E-state index in [0.29, 0.717) is 13.1 Å². The minimum atomic E-state index is -0.349. The van der Waals surface area contributed by atoms with E-state index >= 15 is 0 Å². The van der Waals surface area contributed by atoms with Crippen LogP contribution >= 0.6 is 0 Å². The summed E-state index contributed by atoms with van der Waals surface area (Å²) >= 11 is 0. The Balaban J connectivity index is 1.41. The lowest BCUT2D eigenvalue weighted by atomic mass is 9.60. The number of carbonyl (C=O) groups excluding carboxylic acids is 2. The number of benzene rings is 1. The van der Waals surface area contributed by atoms with Gasteiger partial charge in [0.2, 0.25) is 11.8 Å². The van der Waals surface area contributed by atoms with Crippen molar-refractivity contribution in [1.29, 1.82) is 0 Å². The van der Waals surface area contributed by atoms with Crippen LogP contribution in [-0.4, -0.2) is 58.0 Å². The van der Waals surface area contributed by atoms with Crippen LogP contribution in [0.15, 0.2) is 30.3 Å². The fourth-order valence-corrected chi connectivity index (χ4v) is 5.72. The van der Waals surface area contributed by atoms with Crippen molar-refractivity contribution in [3.8, 4) is 0 Å². The predicted octanol–water partition coefficient (Wildman–Crippen LogP) is 2.55. The van der Waals surface area contributed by atoms with Crippen molar-refractivity contribution in [2.75, 3.05) is 19.7 Å². The molecule has 1 saturated carbocycles. The SMILES string of the molecule is CC(=O)N1[C@@H](CO)[C@@H](c2ccc(C3=CCCC3)cc2)C12CN(C(=O)C1CC1)C2. The lowest BCUT2D eigenvalue weighted by Gasteiger charge is -2.70. The van der Waals surface area contributed by atoms with Gasteiger partial charge in [-0.3, -0.25) is 9.59 Å². The van der Waals surface area contributed by atoms with Crippen molar-refractivity contribution in [2.45, 2.75) is 56.5 Å². The number of aliphatic hydroxyl groups is 1. The van der Waals surface area contributed by atoms with Gasteiger partial charge < -0.3 is 14.9 Å². The van der Waals surface area contributed by atoms with Gasteiger partial charge in [0.1, 0.15) is 0 Å². The van der Waals surface area contributed by atoms with Crippen molar-refractivity contribution >= 4 is 17.4 Å². The van der Waals surface area contributed by atoms with Gasteiger partial charge in [-0.1, -0.05) is 30.3 Å². The van der Waals surface area contributed by atoms with Gasteiger partial charge in [-0.2, -0.15) is 0 Å². The van der Waals surface area contributed by atoms with Crippen LogP contribution in [0.5, 0.6) is 0 Å². The summed E-state index contributed by atoms with van der Waals surface area (Å²) < 4.78 is 0. The van der Waals surface area contributed by atoms with Crippen LogP contribution in [0.25, 0.3) is 5.57 Å². The van der Waals surface area contributed by atoms with E-state index in [2.05, 4.69) is 30.3 Å². The first-order chi connectivity index (χ1) is 13.5. The largest absolute Gasteiger partial charge is 0.394 e. The summed E-state index contributed by atoms with van der Waals surface area (Å²) in [5.41, 5.74) is 3.51. The summed E-state index contributed by atoms with van der Waals surface area (Å²) in [5.74, 6) is 0.510. The van der Waals surface area contributed by atoms with E-state index < -0.39 is 0 Å². The molecule has 0 unspecified atom stereocenters. The van der Waals surface area contributed by atoms with E-state index in [1.165, 1.54) is 17.6 Å². The molecule has 1 aromatic rings. The third-order valence-electron chi connectivity index (χ3n) is 7.15. The lowest BCUT2D eigenvalue weighted by Crippen LogP contribution is -2.85. The Hall–Kier alpha value is -2.14. The monoisotopic (exact) mass is 380 g/mol. The molecule has 5 heteroatoms. The molecule has 5 rings (SSSR count). The highest BCUT2D eigenvalue weighted by Gasteiger charge is 2.67. The van der Waals surface area contributed by atoms with Crippen molar-refractivity contribution in [1.82, 2.24) is 9.80 Å². The molecule has 2 atom stereocenters. The van der Waals surface area contributed by atoms with Crippen molar-refractivity contribution in [3.05, 3.63) is 41.5 Å². The topological polar surface area (TPSA) is 60.9 Å². The number of carbonyl (C=O) groups is 2. The molecule has 2 saturated heterocycles. The molecule has 1 aromatic carbocycles. The first-order valence-corrected chi connectivity index (χ1v) is 10.5. The summed E-state index contributed by atoms with van der Waals surface area (Å²) in [7, 11) is 0. The maximum Gasteiger partial charge on any atom is 0.225 e. The first-order valence-electron chi connectivity index (χ1n) is 10.5. The smallest absolute Gasteiger partial charge is 0.225 e. The Morgan fingerprint density at radius 3 is 2.43 bits per heavy atom. The Bertz CT molecular complexity index is 834. The number of nitrogens with zero attached hydrogens (tertiary/aromatic N) is 2. The molecule has 148 valence electrons. The summed E-state index contributed by atoms with van der Waals surface area (Å²) in [6, 6.07) is 8.47. The molecule has 2 aliphatic carbocycles. The average molecular weight is 380 g/mol. The predicted molar refractivity (Wildman–Crippen MR) is 106 cm³/mol. The second-order valence-electron chi connectivity index (χ2n) is 8.93. The van der Waals surface area contributed by atoms with Gasteiger partial charge in [0.05, 0.1) is 18.2 Å². The molecule has 2 aliphatic heterocycles. The molecular weight excluding hydrogens is 352 g/mol. The highest BCUT2D eigenvalue weighted by molar-refractivity contribution is 5.84. The number of hydrogen-bond donors (Lipinski definition) is 1. The van der Waals surface area contributed by atoms with Crippen molar-refractivity contribution < 1.29 is 14.7 Å². The van der Waals surface area contributed by atoms with Crippen LogP contribution in [0, 0.1) is 5.92 Å². The molecule has 5 nitrogen and oxygen atoms in total. The number of aliphatic hydroxyl groups excluding tert-OH is 1. The van der Waals surface area contributed by atoms with Crippen LogP contribution in [0.4, 0.5) is 0 Å². The Morgan fingerprint density at radius 2 is 1.89 bits per heavy atom. The fourth-order valence-electron chi connectivity index (χ4n) is 5.72. The van der Waals surface area contributed by atoms with E-state index in [1.807, 2.05) is 9.80 Å².